The molecule has 3 amide bonds. The van der Waals surface area contributed by atoms with Crippen molar-refractivity contribution in [2.75, 3.05) is 36.4 Å². The lowest BCUT2D eigenvalue weighted by Gasteiger charge is -2.35. The molecule has 1 aromatic heterocycles. The highest BCUT2D eigenvalue weighted by atomic mass is 16.3. The number of nitrogens with zero attached hydrogens (tertiary/aromatic N) is 4. The van der Waals surface area contributed by atoms with Gasteiger partial charge in [0.1, 0.15) is 11.8 Å². The maximum atomic E-state index is 12.4. The van der Waals surface area contributed by atoms with Crippen molar-refractivity contribution in [3.63, 3.8) is 0 Å². The number of para-hydroxylation sites is 2. The Labute approximate surface area is 157 Å². The van der Waals surface area contributed by atoms with Gasteiger partial charge in [0.15, 0.2) is 0 Å². The number of nitrogens with one attached hydrogen (secondary N) is 2. The Morgan fingerprint density at radius 2 is 1.74 bits per heavy atom. The van der Waals surface area contributed by atoms with Crippen molar-refractivity contribution in [2.24, 2.45) is 0 Å². The summed E-state index contributed by atoms with van der Waals surface area (Å²) in [6, 6.07) is 7.15. The van der Waals surface area contributed by atoms with Crippen LogP contribution in [0.3, 0.4) is 0 Å². The molecule has 3 rings (SSSR count). The van der Waals surface area contributed by atoms with E-state index in [1.165, 1.54) is 6.07 Å². The predicted octanol–water partition coefficient (Wildman–Crippen LogP) is 1.04. The summed E-state index contributed by atoms with van der Waals surface area (Å²) in [6.45, 7) is 3.86. The lowest BCUT2D eigenvalue weighted by molar-refractivity contribution is -0.117. The first-order chi connectivity index (χ1) is 13.0. The zero-order chi connectivity index (χ0) is 19.2. The van der Waals surface area contributed by atoms with Gasteiger partial charge in [-0.15, -0.1) is 0 Å². The molecule has 2 heterocycles. The summed E-state index contributed by atoms with van der Waals surface area (Å²) >= 11 is 0. The van der Waals surface area contributed by atoms with Crippen LogP contribution in [-0.4, -0.2) is 64.1 Å². The van der Waals surface area contributed by atoms with Gasteiger partial charge in [-0.2, -0.15) is 0 Å². The molecule has 9 nitrogen and oxygen atoms in total. The molecule has 1 atom stereocenters. The molecule has 2 aromatic rings. The van der Waals surface area contributed by atoms with E-state index >= 15 is 0 Å². The van der Waals surface area contributed by atoms with Crippen LogP contribution in [-0.2, 0) is 4.79 Å². The molecule has 1 saturated heterocycles. The van der Waals surface area contributed by atoms with Gasteiger partial charge in [-0.25, -0.2) is 14.8 Å². The van der Waals surface area contributed by atoms with E-state index in [0.29, 0.717) is 37.8 Å². The molecule has 3 N–H and O–H groups in total. The summed E-state index contributed by atoms with van der Waals surface area (Å²) in [5.41, 5.74) is 0.306. The summed E-state index contributed by atoms with van der Waals surface area (Å²) in [6.07, 6.45) is 3.37. The number of hydrogen-bond donors (Lipinski definition) is 3. The fraction of sp³-hybridized carbons (Fsp3) is 0.333. The van der Waals surface area contributed by atoms with Crippen LogP contribution in [0.5, 0.6) is 5.75 Å². The molecule has 142 valence electrons. The van der Waals surface area contributed by atoms with Crippen LogP contribution in [0.2, 0.25) is 0 Å². The highest BCUT2D eigenvalue weighted by Crippen LogP contribution is 2.21. The van der Waals surface area contributed by atoms with Gasteiger partial charge in [-0.3, -0.25) is 4.79 Å². The molecule has 0 aliphatic carbocycles. The van der Waals surface area contributed by atoms with Gasteiger partial charge in [-0.1, -0.05) is 12.1 Å². The van der Waals surface area contributed by atoms with Crippen LogP contribution in [0.1, 0.15) is 6.92 Å². The van der Waals surface area contributed by atoms with Crippen LogP contribution in [0, 0.1) is 0 Å². The molecule has 1 aliphatic heterocycles. The SMILES string of the molecule is C[C@@H](NC(=O)N1CCN(c2ncccn2)CC1)C(=O)Nc1ccccc1O. The third-order valence-electron chi connectivity index (χ3n) is 4.30. The lowest BCUT2D eigenvalue weighted by atomic mass is 10.2. The average Bonchev–Trinajstić information content (AvgIpc) is 2.70. The molecule has 0 saturated carbocycles. The maximum Gasteiger partial charge on any atom is 0.318 e. The smallest absolute Gasteiger partial charge is 0.318 e. The largest absolute Gasteiger partial charge is 0.506 e. The number of aromatic nitrogens is 2. The highest BCUT2D eigenvalue weighted by Gasteiger charge is 2.25. The predicted molar refractivity (Wildman–Crippen MR) is 101 cm³/mol. The van der Waals surface area contributed by atoms with E-state index in [1.54, 1.807) is 48.5 Å². The Morgan fingerprint density at radius 3 is 2.41 bits per heavy atom. The molecule has 0 bridgehead atoms. The molecule has 1 aromatic carbocycles. The van der Waals surface area contributed by atoms with Crippen molar-refractivity contribution in [2.45, 2.75) is 13.0 Å². The minimum absolute atomic E-state index is 0.0244. The summed E-state index contributed by atoms with van der Waals surface area (Å²) in [7, 11) is 0. The van der Waals surface area contributed by atoms with Crippen LogP contribution in [0.25, 0.3) is 0 Å². The number of hydrogen-bond acceptors (Lipinski definition) is 6. The van der Waals surface area contributed by atoms with Crippen molar-refractivity contribution in [3.8, 4) is 5.75 Å². The second-order valence-corrected chi connectivity index (χ2v) is 6.20. The molecule has 1 aliphatic rings. The molecule has 0 unspecified atom stereocenters. The number of urea groups is 1. The molecular weight excluding hydrogens is 348 g/mol. The fourth-order valence-electron chi connectivity index (χ4n) is 2.73. The summed E-state index contributed by atoms with van der Waals surface area (Å²) in [5, 5.41) is 15.0. The molecule has 1 fully saturated rings. The van der Waals surface area contributed by atoms with E-state index in [0.717, 1.165) is 0 Å². The van der Waals surface area contributed by atoms with Crippen LogP contribution in [0.4, 0.5) is 16.4 Å². The van der Waals surface area contributed by atoms with Gasteiger partial charge < -0.3 is 25.5 Å². The van der Waals surface area contributed by atoms with E-state index in [4.69, 9.17) is 0 Å². The van der Waals surface area contributed by atoms with E-state index < -0.39 is 11.9 Å². The number of benzene rings is 1. The van der Waals surface area contributed by atoms with Crippen molar-refractivity contribution < 1.29 is 14.7 Å². The zero-order valence-electron chi connectivity index (χ0n) is 15.0. The van der Waals surface area contributed by atoms with E-state index in [2.05, 4.69) is 20.6 Å². The Morgan fingerprint density at radius 1 is 1.07 bits per heavy atom. The maximum absolute atomic E-state index is 12.4. The molecule has 0 spiro atoms. The topological polar surface area (TPSA) is 111 Å². The van der Waals surface area contributed by atoms with Gasteiger partial charge in [0, 0.05) is 38.6 Å². The van der Waals surface area contributed by atoms with Crippen LogP contribution < -0.4 is 15.5 Å². The lowest BCUT2D eigenvalue weighted by Crippen LogP contribution is -2.55. The number of anilines is 2. The summed E-state index contributed by atoms with van der Waals surface area (Å²) in [4.78, 5) is 36.7. The number of carbonyl (C=O) groups is 2. The third kappa shape index (κ3) is 4.63. The van der Waals surface area contributed by atoms with Gasteiger partial charge in [0.05, 0.1) is 5.69 Å². The van der Waals surface area contributed by atoms with Gasteiger partial charge in [-0.05, 0) is 25.1 Å². The number of piperazine rings is 1. The first-order valence-corrected chi connectivity index (χ1v) is 8.71. The first kappa shape index (κ1) is 18.4. The van der Waals surface area contributed by atoms with E-state index in [1.807, 2.05) is 4.90 Å². The fourth-order valence-corrected chi connectivity index (χ4v) is 2.73. The molecular formula is C18H22N6O3. The summed E-state index contributed by atoms with van der Waals surface area (Å²) in [5.74, 6) is 0.220. The summed E-state index contributed by atoms with van der Waals surface area (Å²) < 4.78 is 0. The quantitative estimate of drug-likeness (QED) is 0.694. The van der Waals surface area contributed by atoms with Crippen molar-refractivity contribution in [3.05, 3.63) is 42.7 Å². The van der Waals surface area contributed by atoms with Crippen LogP contribution >= 0.6 is 0 Å². The minimum atomic E-state index is -0.743. The second-order valence-electron chi connectivity index (χ2n) is 6.20. The average molecular weight is 370 g/mol. The number of rotatable bonds is 4. The molecule has 9 heteroatoms. The molecule has 27 heavy (non-hydrogen) atoms. The number of phenols is 1. The van der Waals surface area contributed by atoms with E-state index in [-0.39, 0.29) is 11.8 Å². The van der Waals surface area contributed by atoms with Crippen molar-refractivity contribution in [1.29, 1.82) is 0 Å². The Kier molecular flexibility index (Phi) is 5.70. The molecule has 0 radical (unpaired) electrons. The van der Waals surface area contributed by atoms with Gasteiger partial charge >= 0.3 is 6.03 Å². The first-order valence-electron chi connectivity index (χ1n) is 8.71. The number of carbonyl (C=O) groups excluding carboxylic acids is 2. The number of aromatic hydroxyl groups is 1. The third-order valence-corrected chi connectivity index (χ3v) is 4.30. The van der Waals surface area contributed by atoms with Gasteiger partial charge in [0.25, 0.3) is 0 Å². The van der Waals surface area contributed by atoms with Gasteiger partial charge in [0.2, 0.25) is 11.9 Å². The standard InChI is InChI=1S/C18H22N6O3/c1-13(16(26)22-14-5-2-3-6-15(14)25)21-18(27)24-11-9-23(10-12-24)17-19-7-4-8-20-17/h2-8,13,25H,9-12H2,1H3,(H,21,27)(H,22,26)/t13-/m1/s1. The zero-order valence-corrected chi connectivity index (χ0v) is 15.0. The Bertz CT molecular complexity index is 793. The number of amides is 3. The highest BCUT2D eigenvalue weighted by molar-refractivity contribution is 5.97. The Balaban J connectivity index is 1.49. The minimum Gasteiger partial charge on any atom is -0.506 e. The normalized spacial score (nSPS) is 15.1. The second kappa shape index (κ2) is 8.35. The van der Waals surface area contributed by atoms with Crippen molar-refractivity contribution >= 4 is 23.6 Å². The number of phenolic OH excluding ortho intramolecular Hbond substituents is 1. The Hall–Kier alpha value is -3.36. The van der Waals surface area contributed by atoms with E-state index in [9.17, 15) is 14.7 Å². The monoisotopic (exact) mass is 370 g/mol. The van der Waals surface area contributed by atoms with Crippen LogP contribution in [0.15, 0.2) is 42.7 Å². The van der Waals surface area contributed by atoms with Crippen molar-refractivity contribution in [1.82, 2.24) is 20.2 Å².